The maximum Gasteiger partial charge on any atom is 0.372 e. The molecule has 0 amide bonds. The number of hydrogen-bond acceptors (Lipinski definition) is 6. The molecule has 0 saturated heterocycles. The van der Waals surface area contributed by atoms with Crippen LogP contribution in [0.3, 0.4) is 0 Å². The Bertz CT molecular complexity index is 477. The molecule has 2 rings (SSSR count). The molecule has 90 valence electrons. The summed E-state index contributed by atoms with van der Waals surface area (Å²) in [4.78, 5) is 14.6. The lowest BCUT2D eigenvalue weighted by Gasteiger charge is -2.01. The Hall–Kier alpha value is -2.15. The number of carboxylic acids is 1. The number of aromatic carboxylic acids is 1. The van der Waals surface area contributed by atoms with E-state index in [2.05, 4.69) is 20.0 Å². The van der Waals surface area contributed by atoms with Gasteiger partial charge in [-0.05, 0) is 6.07 Å². The molecule has 0 aliphatic heterocycles. The summed E-state index contributed by atoms with van der Waals surface area (Å²) in [7, 11) is 0. The number of aromatic nitrogens is 2. The number of rotatable bonds is 6. The Labute approximate surface area is 96.4 Å². The highest BCUT2D eigenvalue weighted by Crippen LogP contribution is 2.09. The predicted molar refractivity (Wildman–Crippen MR) is 55.4 cm³/mol. The van der Waals surface area contributed by atoms with Crippen LogP contribution in [0.2, 0.25) is 0 Å². The summed E-state index contributed by atoms with van der Waals surface area (Å²) in [5.41, 5.74) is 0.616. The van der Waals surface area contributed by atoms with E-state index in [4.69, 9.17) is 9.52 Å². The number of furan rings is 1. The van der Waals surface area contributed by atoms with E-state index >= 15 is 0 Å². The zero-order valence-corrected chi connectivity index (χ0v) is 8.92. The Balaban J connectivity index is 1.78. The molecule has 2 heterocycles. The van der Waals surface area contributed by atoms with Gasteiger partial charge in [-0.25, -0.2) is 4.79 Å². The van der Waals surface area contributed by atoms with Crippen LogP contribution >= 0.6 is 0 Å². The maximum atomic E-state index is 10.7. The largest absolute Gasteiger partial charge is 0.475 e. The molecule has 17 heavy (non-hydrogen) atoms. The third-order valence-electron chi connectivity index (χ3n) is 2.19. The second-order valence-corrected chi connectivity index (χ2v) is 3.35. The average molecular weight is 237 g/mol. The van der Waals surface area contributed by atoms with Crippen molar-refractivity contribution in [3.63, 3.8) is 0 Å². The third-order valence-corrected chi connectivity index (χ3v) is 2.19. The van der Waals surface area contributed by atoms with E-state index in [9.17, 15) is 4.79 Å². The van der Waals surface area contributed by atoms with Gasteiger partial charge in [-0.3, -0.25) is 0 Å². The van der Waals surface area contributed by atoms with Gasteiger partial charge in [0.15, 0.2) is 5.82 Å². The topological polar surface area (TPSA) is 101 Å². The van der Waals surface area contributed by atoms with Gasteiger partial charge in [0.05, 0.1) is 6.26 Å². The molecule has 7 nitrogen and oxygen atoms in total. The molecule has 0 unspecified atom stereocenters. The summed E-state index contributed by atoms with van der Waals surface area (Å²) < 4.78 is 9.44. The molecule has 0 spiro atoms. The molecule has 2 aromatic heterocycles. The first-order valence-electron chi connectivity index (χ1n) is 5.03. The number of carboxylic acid groups (broad SMARTS) is 1. The van der Waals surface area contributed by atoms with Gasteiger partial charge in [0, 0.05) is 25.1 Å². The zero-order valence-electron chi connectivity index (χ0n) is 8.92. The lowest BCUT2D eigenvalue weighted by molar-refractivity contribution is 0.0660. The molecule has 0 bridgehead atoms. The molecule has 0 saturated carbocycles. The van der Waals surface area contributed by atoms with Crippen molar-refractivity contribution in [1.82, 2.24) is 15.5 Å². The van der Waals surface area contributed by atoms with Gasteiger partial charge in [0.2, 0.25) is 12.2 Å². The lowest BCUT2D eigenvalue weighted by atomic mass is 10.2. The molecular formula is C10H11N3O4. The fourth-order valence-electron chi connectivity index (χ4n) is 1.39. The van der Waals surface area contributed by atoms with E-state index in [0.29, 0.717) is 30.9 Å². The molecule has 0 aliphatic carbocycles. The summed E-state index contributed by atoms with van der Waals surface area (Å²) in [6.07, 6.45) is 3.25. The van der Waals surface area contributed by atoms with Crippen LogP contribution < -0.4 is 5.32 Å². The smallest absolute Gasteiger partial charge is 0.372 e. The Kier molecular flexibility index (Phi) is 3.51. The second kappa shape index (κ2) is 5.26. The fourth-order valence-corrected chi connectivity index (χ4v) is 1.39. The van der Waals surface area contributed by atoms with Gasteiger partial charge >= 0.3 is 5.97 Å². The van der Waals surface area contributed by atoms with Crippen LogP contribution in [0.15, 0.2) is 27.7 Å². The molecule has 0 atom stereocenters. The zero-order chi connectivity index (χ0) is 12.1. The molecule has 0 fully saturated rings. The molecule has 0 radical (unpaired) electrons. The first kappa shape index (κ1) is 11.3. The molecule has 0 aliphatic rings. The molecule has 7 heteroatoms. The summed E-state index contributed by atoms with van der Waals surface area (Å²) in [6.45, 7) is 1.06. The van der Waals surface area contributed by atoms with Crippen LogP contribution in [0.4, 0.5) is 0 Å². The van der Waals surface area contributed by atoms with Gasteiger partial charge in [0.25, 0.3) is 0 Å². The average Bonchev–Trinajstić information content (AvgIpc) is 2.95. The summed E-state index contributed by atoms with van der Waals surface area (Å²) in [5.74, 6) is -0.481. The monoisotopic (exact) mass is 237 g/mol. The minimum atomic E-state index is -1.06. The predicted octanol–water partition coefficient (Wildman–Crippen LogP) is 0.693. The van der Waals surface area contributed by atoms with Gasteiger partial charge in [-0.1, -0.05) is 5.16 Å². The van der Waals surface area contributed by atoms with Gasteiger partial charge in [-0.2, -0.15) is 4.98 Å². The van der Waals surface area contributed by atoms with E-state index < -0.39 is 5.97 Å². The highest BCUT2D eigenvalue weighted by molar-refractivity contribution is 5.86. The normalized spacial score (nSPS) is 10.6. The summed E-state index contributed by atoms with van der Waals surface area (Å²) in [5, 5.41) is 15.5. The Morgan fingerprint density at radius 1 is 1.53 bits per heavy atom. The van der Waals surface area contributed by atoms with Crippen molar-refractivity contribution in [3.8, 4) is 0 Å². The van der Waals surface area contributed by atoms with Crippen LogP contribution in [0, 0.1) is 0 Å². The van der Waals surface area contributed by atoms with Crippen LogP contribution in [0.1, 0.15) is 21.9 Å². The Morgan fingerprint density at radius 2 is 2.41 bits per heavy atom. The Morgan fingerprint density at radius 3 is 3.12 bits per heavy atom. The van der Waals surface area contributed by atoms with E-state index in [0.717, 1.165) is 0 Å². The van der Waals surface area contributed by atoms with E-state index in [-0.39, 0.29) is 5.76 Å². The van der Waals surface area contributed by atoms with Gasteiger partial charge in [0.1, 0.15) is 0 Å². The van der Waals surface area contributed by atoms with Crippen molar-refractivity contribution in [2.75, 3.05) is 6.54 Å². The molecule has 0 aromatic carbocycles. The number of carbonyl (C=O) groups is 1. The van der Waals surface area contributed by atoms with Crippen molar-refractivity contribution in [2.24, 2.45) is 0 Å². The first-order chi connectivity index (χ1) is 8.27. The summed E-state index contributed by atoms with van der Waals surface area (Å²) in [6, 6.07) is 1.63. The van der Waals surface area contributed by atoms with Crippen molar-refractivity contribution < 1.29 is 18.8 Å². The minimum Gasteiger partial charge on any atom is -0.475 e. The standard InChI is InChI=1S/C10H11N3O4/c14-10(15)9-7(2-4-16-9)5-11-3-1-8-12-6-17-13-8/h2,4,6,11H,1,3,5H2,(H,14,15). The van der Waals surface area contributed by atoms with Gasteiger partial charge < -0.3 is 19.4 Å². The maximum absolute atomic E-state index is 10.7. The summed E-state index contributed by atoms with van der Waals surface area (Å²) >= 11 is 0. The molecule has 2 N–H and O–H groups in total. The minimum absolute atomic E-state index is 0.0305. The number of nitrogens with zero attached hydrogens (tertiary/aromatic N) is 2. The number of hydrogen-bond donors (Lipinski definition) is 2. The van der Waals surface area contributed by atoms with E-state index in [1.54, 1.807) is 6.07 Å². The molecule has 2 aromatic rings. The van der Waals surface area contributed by atoms with E-state index in [1.807, 2.05) is 0 Å². The third kappa shape index (κ3) is 2.91. The van der Waals surface area contributed by atoms with Crippen molar-refractivity contribution in [2.45, 2.75) is 13.0 Å². The highest BCUT2D eigenvalue weighted by atomic mass is 16.5. The second-order valence-electron chi connectivity index (χ2n) is 3.35. The van der Waals surface area contributed by atoms with Crippen molar-refractivity contribution in [3.05, 3.63) is 35.9 Å². The highest BCUT2D eigenvalue weighted by Gasteiger charge is 2.12. The van der Waals surface area contributed by atoms with E-state index in [1.165, 1.54) is 12.7 Å². The van der Waals surface area contributed by atoms with Crippen LogP contribution in [-0.4, -0.2) is 27.8 Å². The number of nitrogens with one attached hydrogen (secondary N) is 1. The van der Waals surface area contributed by atoms with Crippen LogP contribution in [-0.2, 0) is 13.0 Å². The lowest BCUT2D eigenvalue weighted by Crippen LogP contribution is -2.18. The molecular weight excluding hydrogens is 226 g/mol. The first-order valence-corrected chi connectivity index (χ1v) is 5.03. The van der Waals surface area contributed by atoms with Crippen LogP contribution in [0.5, 0.6) is 0 Å². The van der Waals surface area contributed by atoms with Crippen molar-refractivity contribution >= 4 is 5.97 Å². The quantitative estimate of drug-likeness (QED) is 0.712. The van der Waals surface area contributed by atoms with Crippen LogP contribution in [0.25, 0.3) is 0 Å². The fraction of sp³-hybridized carbons (Fsp3) is 0.300. The van der Waals surface area contributed by atoms with Gasteiger partial charge in [-0.15, -0.1) is 0 Å². The van der Waals surface area contributed by atoms with Crippen molar-refractivity contribution in [1.29, 1.82) is 0 Å². The SMILES string of the molecule is O=C(O)c1occc1CNCCc1ncon1.